The molecule has 1 N–H and O–H groups in total. The van der Waals surface area contributed by atoms with E-state index in [2.05, 4.69) is 34.2 Å². The summed E-state index contributed by atoms with van der Waals surface area (Å²) < 4.78 is 24.1. The van der Waals surface area contributed by atoms with E-state index >= 15 is 0 Å². The van der Waals surface area contributed by atoms with E-state index in [4.69, 9.17) is 0 Å². The molecule has 0 radical (unpaired) electrons. The van der Waals surface area contributed by atoms with Crippen LogP contribution in [0.3, 0.4) is 0 Å². The molecule has 0 aromatic carbocycles. The Hall–Kier alpha value is 0.0900. The summed E-state index contributed by atoms with van der Waals surface area (Å²) in [6, 6.07) is 2.22. The topological polar surface area (TPSA) is 46.2 Å². The van der Waals surface area contributed by atoms with E-state index < -0.39 is 9.84 Å². The predicted molar refractivity (Wildman–Crippen MR) is 75.3 cm³/mol. The summed E-state index contributed by atoms with van der Waals surface area (Å²) in [6.45, 7) is 2.83. The highest BCUT2D eigenvalue weighted by Crippen LogP contribution is 2.26. The maximum atomic E-state index is 11.5. The Balaban J connectivity index is 1.90. The van der Waals surface area contributed by atoms with Crippen LogP contribution < -0.4 is 5.32 Å². The molecule has 1 aliphatic rings. The minimum atomic E-state index is -2.81. The first kappa shape index (κ1) is 13.5. The van der Waals surface area contributed by atoms with Crippen LogP contribution in [-0.2, 0) is 16.4 Å². The molecule has 17 heavy (non-hydrogen) atoms. The Labute approximate surface area is 115 Å². The van der Waals surface area contributed by atoms with Crippen LogP contribution in [0.4, 0.5) is 0 Å². The highest BCUT2D eigenvalue weighted by molar-refractivity contribution is 9.10. The van der Waals surface area contributed by atoms with Crippen LogP contribution in [0.5, 0.6) is 0 Å². The first-order valence-corrected chi connectivity index (χ1v) is 9.08. The number of hydrogen-bond donors (Lipinski definition) is 1. The van der Waals surface area contributed by atoms with Gasteiger partial charge in [-0.15, -0.1) is 11.3 Å². The molecule has 1 unspecified atom stereocenters. The highest BCUT2D eigenvalue weighted by atomic mass is 79.9. The number of rotatable bonds is 3. The Morgan fingerprint density at radius 1 is 1.59 bits per heavy atom. The number of halogens is 1. The van der Waals surface area contributed by atoms with Gasteiger partial charge in [0.15, 0.2) is 9.84 Å². The standard InChI is InChI=1S/C11H16BrNO2S2/c1-8-11(12)5-10(16-8)6-13-9-3-2-4-17(14,15)7-9/h5,9,13H,2-4,6-7H2,1H3. The molecule has 1 aromatic rings. The largest absolute Gasteiger partial charge is 0.308 e. The maximum absolute atomic E-state index is 11.5. The number of hydrogen-bond acceptors (Lipinski definition) is 4. The minimum absolute atomic E-state index is 0.120. The van der Waals surface area contributed by atoms with Crippen molar-refractivity contribution < 1.29 is 8.42 Å². The molecule has 1 fully saturated rings. The predicted octanol–water partition coefficient (Wildman–Crippen LogP) is 2.49. The Morgan fingerprint density at radius 3 is 2.94 bits per heavy atom. The van der Waals surface area contributed by atoms with E-state index in [1.807, 2.05) is 0 Å². The summed E-state index contributed by atoms with van der Waals surface area (Å²) in [5, 5.41) is 3.34. The van der Waals surface area contributed by atoms with Gasteiger partial charge in [0.05, 0.1) is 11.5 Å². The van der Waals surface area contributed by atoms with E-state index in [1.54, 1.807) is 11.3 Å². The van der Waals surface area contributed by atoms with E-state index in [1.165, 1.54) is 9.75 Å². The second kappa shape index (κ2) is 5.38. The van der Waals surface area contributed by atoms with E-state index in [0.717, 1.165) is 23.9 Å². The zero-order valence-electron chi connectivity index (χ0n) is 9.70. The molecule has 0 amide bonds. The van der Waals surface area contributed by atoms with Crippen LogP contribution in [0.25, 0.3) is 0 Å². The fourth-order valence-corrected chi connectivity index (χ4v) is 5.26. The van der Waals surface area contributed by atoms with Crippen molar-refractivity contribution in [2.24, 2.45) is 0 Å². The van der Waals surface area contributed by atoms with Crippen molar-refractivity contribution in [2.75, 3.05) is 11.5 Å². The van der Waals surface area contributed by atoms with Crippen molar-refractivity contribution in [1.82, 2.24) is 5.32 Å². The van der Waals surface area contributed by atoms with Gasteiger partial charge in [-0.25, -0.2) is 8.42 Å². The molecule has 1 aromatic heterocycles. The van der Waals surface area contributed by atoms with Crippen molar-refractivity contribution in [2.45, 2.75) is 32.4 Å². The first-order chi connectivity index (χ1) is 7.96. The summed E-state index contributed by atoms with van der Waals surface area (Å²) in [6.07, 6.45) is 1.75. The second-order valence-corrected chi connectivity index (χ2v) is 8.88. The van der Waals surface area contributed by atoms with E-state index in [0.29, 0.717) is 11.5 Å². The second-order valence-electron chi connectivity index (χ2n) is 4.45. The fraction of sp³-hybridized carbons (Fsp3) is 0.636. The molecule has 1 atom stereocenters. The quantitative estimate of drug-likeness (QED) is 0.921. The van der Waals surface area contributed by atoms with Crippen molar-refractivity contribution >= 4 is 37.1 Å². The lowest BCUT2D eigenvalue weighted by atomic mass is 10.2. The number of aryl methyl sites for hydroxylation is 1. The summed E-state index contributed by atoms with van der Waals surface area (Å²) >= 11 is 5.23. The highest BCUT2D eigenvalue weighted by Gasteiger charge is 2.24. The average Bonchev–Trinajstić information content (AvgIpc) is 2.54. The SMILES string of the molecule is Cc1sc(CNC2CCCS(=O)(=O)C2)cc1Br. The molecule has 0 aliphatic carbocycles. The molecule has 2 heterocycles. The van der Waals surface area contributed by atoms with Crippen LogP contribution in [0, 0.1) is 6.92 Å². The van der Waals surface area contributed by atoms with Crippen LogP contribution in [0.1, 0.15) is 22.6 Å². The average molecular weight is 338 g/mol. The molecular weight excluding hydrogens is 322 g/mol. The van der Waals surface area contributed by atoms with Crippen molar-refractivity contribution in [3.63, 3.8) is 0 Å². The molecule has 96 valence electrons. The third-order valence-corrected chi connectivity index (χ3v) is 6.89. The zero-order valence-corrected chi connectivity index (χ0v) is 12.9. The summed E-state index contributed by atoms with van der Waals surface area (Å²) in [5.74, 6) is 0.646. The van der Waals surface area contributed by atoms with Crippen molar-refractivity contribution in [3.05, 3.63) is 20.3 Å². The van der Waals surface area contributed by atoms with Gasteiger partial charge in [-0.2, -0.15) is 0 Å². The van der Waals surface area contributed by atoms with Gasteiger partial charge < -0.3 is 5.32 Å². The molecule has 0 spiro atoms. The summed E-state index contributed by atoms with van der Waals surface area (Å²) in [7, 11) is -2.81. The molecule has 1 saturated heterocycles. The molecule has 0 bridgehead atoms. The van der Waals surface area contributed by atoms with Crippen LogP contribution >= 0.6 is 27.3 Å². The smallest absolute Gasteiger partial charge is 0.151 e. The Bertz CT molecular complexity index is 476. The van der Waals surface area contributed by atoms with Crippen LogP contribution in [0.15, 0.2) is 10.5 Å². The number of thiophene rings is 1. The summed E-state index contributed by atoms with van der Waals surface area (Å²) in [4.78, 5) is 2.51. The lowest BCUT2D eigenvalue weighted by molar-refractivity contribution is 0.482. The number of nitrogens with one attached hydrogen (secondary N) is 1. The normalized spacial score (nSPS) is 23.8. The van der Waals surface area contributed by atoms with Gasteiger partial charge >= 0.3 is 0 Å². The van der Waals surface area contributed by atoms with Gasteiger partial charge in [0.2, 0.25) is 0 Å². The van der Waals surface area contributed by atoms with Gasteiger partial charge in [0.1, 0.15) is 0 Å². The monoisotopic (exact) mass is 337 g/mol. The molecule has 6 heteroatoms. The molecule has 0 saturated carbocycles. The summed E-state index contributed by atoms with van der Waals surface area (Å²) in [5.41, 5.74) is 0. The van der Waals surface area contributed by atoms with Gasteiger partial charge in [-0.05, 0) is 41.8 Å². The molecule has 2 rings (SSSR count). The molecule has 3 nitrogen and oxygen atoms in total. The minimum Gasteiger partial charge on any atom is -0.308 e. The van der Waals surface area contributed by atoms with E-state index in [9.17, 15) is 8.42 Å². The van der Waals surface area contributed by atoms with Crippen molar-refractivity contribution in [1.29, 1.82) is 0 Å². The third kappa shape index (κ3) is 3.77. The maximum Gasteiger partial charge on any atom is 0.151 e. The van der Waals surface area contributed by atoms with Gasteiger partial charge in [0.25, 0.3) is 0 Å². The molecular formula is C11H16BrNO2S2. The van der Waals surface area contributed by atoms with Gasteiger partial charge in [-0.1, -0.05) is 0 Å². The number of sulfone groups is 1. The van der Waals surface area contributed by atoms with Gasteiger partial charge in [-0.3, -0.25) is 0 Å². The lowest BCUT2D eigenvalue weighted by Crippen LogP contribution is -2.39. The van der Waals surface area contributed by atoms with Crippen LogP contribution in [-0.4, -0.2) is 26.0 Å². The van der Waals surface area contributed by atoms with Crippen molar-refractivity contribution in [3.8, 4) is 0 Å². The van der Waals surface area contributed by atoms with Crippen LogP contribution in [0.2, 0.25) is 0 Å². The van der Waals surface area contributed by atoms with E-state index in [-0.39, 0.29) is 6.04 Å². The van der Waals surface area contributed by atoms with Gasteiger partial charge in [0, 0.05) is 26.8 Å². The third-order valence-electron chi connectivity index (χ3n) is 2.94. The zero-order chi connectivity index (χ0) is 12.5. The fourth-order valence-electron chi connectivity index (χ4n) is 2.03. The first-order valence-electron chi connectivity index (χ1n) is 5.65. The molecule has 1 aliphatic heterocycles. The Morgan fingerprint density at radius 2 is 2.35 bits per heavy atom. The Kier molecular flexibility index (Phi) is 4.28. The lowest BCUT2D eigenvalue weighted by Gasteiger charge is -2.22.